The zero-order valence-corrected chi connectivity index (χ0v) is 19.0. The molecular weight excluding hydrogens is 376 g/mol. The Morgan fingerprint density at radius 2 is 1.93 bits per heavy atom. The van der Waals surface area contributed by atoms with E-state index < -0.39 is 0 Å². The Bertz CT molecular complexity index is 690. The summed E-state index contributed by atoms with van der Waals surface area (Å²) in [6, 6.07) is 0. The Morgan fingerprint density at radius 1 is 1.17 bits per heavy atom. The first-order chi connectivity index (χ1) is 14.7. The Hall–Kier alpha value is -1.60. The van der Waals surface area contributed by atoms with Crippen molar-refractivity contribution in [2.24, 2.45) is 12.0 Å². The molecule has 0 aromatic carbocycles. The lowest BCUT2D eigenvalue weighted by molar-refractivity contribution is -0.00838. The quantitative estimate of drug-likeness (QED) is 0.591. The molecule has 7 heteroatoms. The van der Waals surface area contributed by atoms with Crippen molar-refractivity contribution in [3.63, 3.8) is 0 Å². The molecule has 1 aromatic rings. The molecule has 3 aliphatic rings. The molecule has 4 rings (SSSR count). The smallest absolute Gasteiger partial charge is 0.194 e. The average Bonchev–Trinajstić information content (AvgIpc) is 3.24. The van der Waals surface area contributed by atoms with Crippen molar-refractivity contribution in [2.45, 2.75) is 69.9 Å². The molecule has 1 atom stereocenters. The molecule has 0 spiro atoms. The SMILES string of the molecule is CCNC(=NCC1(N2CCCCC2)CCCCC1)N1CCOC(c2cnn(C)c2)C1. The number of piperidine rings is 1. The van der Waals surface area contributed by atoms with Crippen LogP contribution in [0.25, 0.3) is 0 Å². The van der Waals surface area contributed by atoms with E-state index in [9.17, 15) is 0 Å². The summed E-state index contributed by atoms with van der Waals surface area (Å²) in [7, 11) is 1.96. The van der Waals surface area contributed by atoms with Gasteiger partial charge in [0.15, 0.2) is 5.96 Å². The molecule has 0 bridgehead atoms. The molecule has 0 radical (unpaired) electrons. The average molecular weight is 417 g/mol. The summed E-state index contributed by atoms with van der Waals surface area (Å²) in [5.41, 5.74) is 1.42. The van der Waals surface area contributed by atoms with E-state index in [4.69, 9.17) is 9.73 Å². The fourth-order valence-corrected chi connectivity index (χ4v) is 5.45. The van der Waals surface area contributed by atoms with Crippen LogP contribution in [-0.2, 0) is 11.8 Å². The van der Waals surface area contributed by atoms with Crippen LogP contribution < -0.4 is 5.32 Å². The molecule has 2 aliphatic heterocycles. The van der Waals surface area contributed by atoms with Gasteiger partial charge in [0.1, 0.15) is 6.10 Å². The fourth-order valence-electron chi connectivity index (χ4n) is 5.45. The van der Waals surface area contributed by atoms with Crippen LogP contribution in [0.5, 0.6) is 0 Å². The van der Waals surface area contributed by atoms with E-state index >= 15 is 0 Å². The number of rotatable bonds is 5. The van der Waals surface area contributed by atoms with Gasteiger partial charge < -0.3 is 15.0 Å². The number of nitrogens with one attached hydrogen (secondary N) is 1. The van der Waals surface area contributed by atoms with Crippen molar-refractivity contribution in [1.29, 1.82) is 0 Å². The summed E-state index contributed by atoms with van der Waals surface area (Å²) in [4.78, 5) is 10.4. The number of aliphatic imine (C=N–C) groups is 1. The number of hydrogen-bond donors (Lipinski definition) is 1. The Balaban J connectivity index is 1.49. The van der Waals surface area contributed by atoms with Crippen LogP contribution in [0.3, 0.4) is 0 Å². The van der Waals surface area contributed by atoms with E-state index in [0.717, 1.165) is 44.3 Å². The predicted molar refractivity (Wildman–Crippen MR) is 121 cm³/mol. The van der Waals surface area contributed by atoms with Crippen LogP contribution in [0, 0.1) is 0 Å². The van der Waals surface area contributed by atoms with Gasteiger partial charge in [-0.25, -0.2) is 0 Å². The monoisotopic (exact) mass is 416 g/mol. The summed E-state index contributed by atoms with van der Waals surface area (Å²) >= 11 is 0. The summed E-state index contributed by atoms with van der Waals surface area (Å²) in [5, 5.41) is 7.89. The van der Waals surface area contributed by atoms with Crippen LogP contribution in [0.1, 0.15) is 70.0 Å². The largest absolute Gasteiger partial charge is 0.370 e. The van der Waals surface area contributed by atoms with Gasteiger partial charge in [-0.05, 0) is 45.7 Å². The molecule has 3 fully saturated rings. The van der Waals surface area contributed by atoms with E-state index in [-0.39, 0.29) is 11.6 Å². The second-order valence-corrected chi connectivity index (χ2v) is 9.26. The number of aromatic nitrogens is 2. The molecule has 168 valence electrons. The summed E-state index contributed by atoms with van der Waals surface area (Å²) in [6.07, 6.45) is 14.8. The topological polar surface area (TPSA) is 57.9 Å². The second kappa shape index (κ2) is 10.1. The van der Waals surface area contributed by atoms with Gasteiger partial charge in [-0.1, -0.05) is 25.7 Å². The minimum atomic E-state index is 0.0574. The highest BCUT2D eigenvalue weighted by Gasteiger charge is 2.38. The van der Waals surface area contributed by atoms with E-state index in [0.29, 0.717) is 0 Å². The summed E-state index contributed by atoms with van der Waals surface area (Å²) in [6.45, 7) is 8.93. The van der Waals surface area contributed by atoms with Gasteiger partial charge in [0.2, 0.25) is 0 Å². The Morgan fingerprint density at radius 3 is 2.63 bits per heavy atom. The molecule has 2 saturated heterocycles. The van der Waals surface area contributed by atoms with Crippen LogP contribution >= 0.6 is 0 Å². The van der Waals surface area contributed by atoms with Gasteiger partial charge in [-0.2, -0.15) is 5.10 Å². The summed E-state index contributed by atoms with van der Waals surface area (Å²) < 4.78 is 7.91. The fraction of sp³-hybridized carbons (Fsp3) is 0.826. The Kier molecular flexibility index (Phi) is 7.31. The molecule has 30 heavy (non-hydrogen) atoms. The number of likely N-dealkylation sites (tertiary alicyclic amines) is 1. The maximum Gasteiger partial charge on any atom is 0.194 e. The van der Waals surface area contributed by atoms with Gasteiger partial charge in [0.05, 0.1) is 25.9 Å². The minimum Gasteiger partial charge on any atom is -0.370 e. The number of ether oxygens (including phenoxy) is 1. The normalized spacial score (nSPS) is 26.0. The van der Waals surface area contributed by atoms with Gasteiger partial charge in [-0.15, -0.1) is 0 Å². The lowest BCUT2D eigenvalue weighted by Crippen LogP contribution is -2.55. The molecule has 1 aliphatic carbocycles. The van der Waals surface area contributed by atoms with Crippen LogP contribution in [-0.4, -0.2) is 77.0 Å². The van der Waals surface area contributed by atoms with Gasteiger partial charge >= 0.3 is 0 Å². The molecule has 3 heterocycles. The molecular formula is C23H40N6O. The highest BCUT2D eigenvalue weighted by molar-refractivity contribution is 5.80. The predicted octanol–water partition coefficient (Wildman–Crippen LogP) is 2.95. The molecule has 1 aromatic heterocycles. The zero-order valence-electron chi connectivity index (χ0n) is 19.0. The van der Waals surface area contributed by atoms with Crippen LogP contribution in [0.4, 0.5) is 0 Å². The molecule has 1 unspecified atom stereocenters. The number of guanidine groups is 1. The van der Waals surface area contributed by atoms with E-state index in [1.807, 2.05) is 17.9 Å². The minimum absolute atomic E-state index is 0.0574. The van der Waals surface area contributed by atoms with Crippen molar-refractivity contribution in [3.8, 4) is 0 Å². The van der Waals surface area contributed by atoms with E-state index in [2.05, 4.69) is 33.3 Å². The van der Waals surface area contributed by atoms with Crippen molar-refractivity contribution in [2.75, 3.05) is 45.9 Å². The van der Waals surface area contributed by atoms with Gasteiger partial charge in [0, 0.05) is 37.4 Å². The maximum atomic E-state index is 6.06. The second-order valence-electron chi connectivity index (χ2n) is 9.26. The van der Waals surface area contributed by atoms with E-state index in [1.165, 1.54) is 64.5 Å². The number of hydrogen-bond acceptors (Lipinski definition) is 4. The first-order valence-corrected chi connectivity index (χ1v) is 12.1. The van der Waals surface area contributed by atoms with Crippen molar-refractivity contribution in [1.82, 2.24) is 24.9 Å². The molecule has 1 saturated carbocycles. The highest BCUT2D eigenvalue weighted by Crippen LogP contribution is 2.36. The highest BCUT2D eigenvalue weighted by atomic mass is 16.5. The third-order valence-corrected chi connectivity index (χ3v) is 7.13. The van der Waals surface area contributed by atoms with Crippen molar-refractivity contribution < 1.29 is 4.74 Å². The van der Waals surface area contributed by atoms with Crippen LogP contribution in [0.2, 0.25) is 0 Å². The number of aryl methyl sites for hydroxylation is 1. The van der Waals surface area contributed by atoms with Gasteiger partial charge in [0.25, 0.3) is 0 Å². The first-order valence-electron chi connectivity index (χ1n) is 12.1. The Labute approximate surface area is 181 Å². The molecule has 1 N–H and O–H groups in total. The maximum absolute atomic E-state index is 6.06. The number of morpholine rings is 1. The van der Waals surface area contributed by atoms with Crippen molar-refractivity contribution >= 4 is 5.96 Å². The third-order valence-electron chi connectivity index (χ3n) is 7.13. The molecule has 7 nitrogen and oxygen atoms in total. The lowest BCUT2D eigenvalue weighted by Gasteiger charge is -2.47. The standard InChI is InChI=1S/C23H40N6O/c1-3-24-22(28-14-15-30-21(18-28)20-16-26-27(2)17-20)25-19-23(10-6-4-7-11-23)29-12-8-5-9-13-29/h16-17,21H,3-15,18-19H2,1-2H3,(H,24,25). The summed E-state index contributed by atoms with van der Waals surface area (Å²) in [5.74, 6) is 1.05. The van der Waals surface area contributed by atoms with E-state index in [1.54, 1.807) is 0 Å². The van der Waals surface area contributed by atoms with Crippen LogP contribution in [0.15, 0.2) is 17.4 Å². The lowest BCUT2D eigenvalue weighted by atomic mass is 9.79. The zero-order chi connectivity index (χ0) is 20.8. The van der Waals surface area contributed by atoms with Gasteiger partial charge in [-0.3, -0.25) is 14.6 Å². The first kappa shape index (κ1) is 21.6. The molecule has 0 amide bonds. The van der Waals surface area contributed by atoms with Crippen molar-refractivity contribution in [3.05, 3.63) is 18.0 Å². The number of nitrogens with zero attached hydrogens (tertiary/aromatic N) is 5. The third kappa shape index (κ3) is 4.99.